The molecule has 0 spiro atoms. The summed E-state index contributed by atoms with van der Waals surface area (Å²) < 4.78 is 7.18. The van der Waals surface area contributed by atoms with Gasteiger partial charge in [0.2, 0.25) is 0 Å². The van der Waals surface area contributed by atoms with E-state index < -0.39 is 0 Å². The summed E-state index contributed by atoms with van der Waals surface area (Å²) in [5, 5.41) is 5.14. The van der Waals surface area contributed by atoms with E-state index in [0.717, 1.165) is 28.4 Å². The van der Waals surface area contributed by atoms with Gasteiger partial charge in [-0.1, -0.05) is 17.7 Å². The number of aromatic nitrogens is 2. The fraction of sp³-hybridized carbons (Fsp3) is 0.308. The first kappa shape index (κ1) is 12.0. The van der Waals surface area contributed by atoms with Gasteiger partial charge in [-0.2, -0.15) is 5.10 Å². The molecule has 4 heteroatoms. The smallest absolute Gasteiger partial charge is 0.144 e. The van der Waals surface area contributed by atoms with Gasteiger partial charge < -0.3 is 4.74 Å². The van der Waals surface area contributed by atoms with Crippen LogP contribution in [0.3, 0.4) is 0 Å². The van der Waals surface area contributed by atoms with Gasteiger partial charge in [0, 0.05) is 0 Å². The summed E-state index contributed by atoms with van der Waals surface area (Å²) in [6.45, 7) is 5.88. The first-order valence-electron chi connectivity index (χ1n) is 5.41. The zero-order valence-corrected chi connectivity index (χ0v) is 11.2. The molecule has 1 aromatic heterocycles. The van der Waals surface area contributed by atoms with Crippen molar-refractivity contribution < 1.29 is 4.74 Å². The maximum atomic E-state index is 6.16. The summed E-state index contributed by atoms with van der Waals surface area (Å²) in [6, 6.07) is 5.99. The predicted molar refractivity (Wildman–Crippen MR) is 69.3 cm³/mol. The molecule has 0 unspecified atom stereocenters. The fourth-order valence-electron chi connectivity index (χ4n) is 1.82. The molecular weight excluding hydrogens is 236 g/mol. The molecule has 3 nitrogen and oxygen atoms in total. The van der Waals surface area contributed by atoms with E-state index in [1.54, 1.807) is 7.11 Å². The minimum absolute atomic E-state index is 0.702. The Morgan fingerprint density at radius 2 is 1.94 bits per heavy atom. The molecule has 1 aromatic carbocycles. The summed E-state index contributed by atoms with van der Waals surface area (Å²) >= 11 is 6.16. The van der Waals surface area contributed by atoms with Gasteiger partial charge in [-0.15, -0.1) is 0 Å². The van der Waals surface area contributed by atoms with Crippen molar-refractivity contribution in [3.63, 3.8) is 0 Å². The summed E-state index contributed by atoms with van der Waals surface area (Å²) in [6.07, 6.45) is 0. The lowest BCUT2D eigenvalue weighted by Gasteiger charge is -2.10. The molecular formula is C13H15ClN2O. The molecule has 90 valence electrons. The minimum Gasteiger partial charge on any atom is -0.494 e. The molecule has 0 saturated carbocycles. The maximum absolute atomic E-state index is 6.16. The first-order chi connectivity index (χ1) is 8.04. The van der Waals surface area contributed by atoms with Crippen LogP contribution < -0.4 is 4.74 Å². The number of rotatable bonds is 2. The van der Waals surface area contributed by atoms with Crippen molar-refractivity contribution in [2.24, 2.45) is 0 Å². The largest absolute Gasteiger partial charge is 0.494 e. The molecule has 0 bridgehead atoms. The van der Waals surface area contributed by atoms with Gasteiger partial charge in [-0.25, -0.2) is 4.68 Å². The van der Waals surface area contributed by atoms with Crippen molar-refractivity contribution in [3.05, 3.63) is 40.2 Å². The second kappa shape index (κ2) is 4.41. The topological polar surface area (TPSA) is 27.1 Å². The second-order valence-corrected chi connectivity index (χ2v) is 4.45. The molecule has 0 saturated heterocycles. The quantitative estimate of drug-likeness (QED) is 0.816. The van der Waals surface area contributed by atoms with E-state index >= 15 is 0 Å². The summed E-state index contributed by atoms with van der Waals surface area (Å²) in [7, 11) is 1.65. The van der Waals surface area contributed by atoms with Crippen molar-refractivity contribution in [1.82, 2.24) is 9.78 Å². The number of benzene rings is 1. The highest BCUT2D eigenvalue weighted by Crippen LogP contribution is 2.28. The van der Waals surface area contributed by atoms with Gasteiger partial charge in [0.25, 0.3) is 0 Å². The van der Waals surface area contributed by atoms with Gasteiger partial charge in [0.1, 0.15) is 11.4 Å². The minimum atomic E-state index is 0.702. The summed E-state index contributed by atoms with van der Waals surface area (Å²) in [5.41, 5.74) is 3.82. The van der Waals surface area contributed by atoms with Gasteiger partial charge in [-0.3, -0.25) is 0 Å². The van der Waals surface area contributed by atoms with Gasteiger partial charge >= 0.3 is 0 Å². The molecule has 2 aromatic rings. The highest BCUT2D eigenvalue weighted by Gasteiger charge is 2.14. The van der Waals surface area contributed by atoms with Crippen LogP contribution in [0.25, 0.3) is 5.69 Å². The summed E-state index contributed by atoms with van der Waals surface area (Å²) in [4.78, 5) is 0. The van der Waals surface area contributed by atoms with E-state index in [-0.39, 0.29) is 0 Å². The van der Waals surface area contributed by atoms with E-state index in [0.29, 0.717) is 5.02 Å². The van der Waals surface area contributed by atoms with Crippen LogP contribution in [-0.4, -0.2) is 16.9 Å². The van der Waals surface area contributed by atoms with E-state index in [1.807, 2.05) is 43.7 Å². The number of halogens is 1. The number of ether oxygens (including phenoxy) is 1. The Kier molecular flexibility index (Phi) is 3.11. The average molecular weight is 251 g/mol. The van der Waals surface area contributed by atoms with Crippen molar-refractivity contribution in [2.45, 2.75) is 20.8 Å². The first-order valence-corrected chi connectivity index (χ1v) is 5.79. The highest BCUT2D eigenvalue weighted by molar-refractivity contribution is 6.31. The second-order valence-electron chi connectivity index (χ2n) is 4.07. The molecule has 2 rings (SSSR count). The van der Waals surface area contributed by atoms with E-state index in [4.69, 9.17) is 16.3 Å². The molecule has 0 fully saturated rings. The van der Waals surface area contributed by atoms with Crippen LogP contribution in [0.1, 0.15) is 17.0 Å². The Morgan fingerprint density at radius 3 is 2.47 bits per heavy atom. The number of nitrogens with zero attached hydrogens (tertiary/aromatic N) is 2. The number of aryl methyl sites for hydroxylation is 2. The van der Waals surface area contributed by atoms with Crippen LogP contribution in [0.5, 0.6) is 5.75 Å². The van der Waals surface area contributed by atoms with Crippen LogP contribution in [0, 0.1) is 20.8 Å². The molecule has 0 aliphatic rings. The Balaban J connectivity index is 2.67. The SMILES string of the molecule is COc1ccc(C)cc1-n1nc(C)c(Cl)c1C. The van der Waals surface area contributed by atoms with Crippen LogP contribution in [0.2, 0.25) is 5.02 Å². The lowest BCUT2D eigenvalue weighted by Crippen LogP contribution is -2.02. The molecule has 17 heavy (non-hydrogen) atoms. The predicted octanol–water partition coefficient (Wildman–Crippen LogP) is 3.46. The monoisotopic (exact) mass is 250 g/mol. The molecule has 1 heterocycles. The molecule has 0 atom stereocenters. The Hall–Kier alpha value is -1.48. The van der Waals surface area contributed by atoms with Crippen molar-refractivity contribution in [2.75, 3.05) is 7.11 Å². The van der Waals surface area contributed by atoms with E-state index in [9.17, 15) is 0 Å². The van der Waals surface area contributed by atoms with Crippen molar-refractivity contribution in [3.8, 4) is 11.4 Å². The number of hydrogen-bond acceptors (Lipinski definition) is 2. The molecule has 0 aliphatic carbocycles. The number of hydrogen-bond donors (Lipinski definition) is 0. The average Bonchev–Trinajstić information content (AvgIpc) is 2.57. The standard InChI is InChI=1S/C13H15ClN2O/c1-8-5-6-12(17-4)11(7-8)16-10(3)13(14)9(2)15-16/h5-7H,1-4H3. The van der Waals surface area contributed by atoms with Crippen molar-refractivity contribution in [1.29, 1.82) is 0 Å². The lowest BCUT2D eigenvalue weighted by molar-refractivity contribution is 0.411. The lowest BCUT2D eigenvalue weighted by atomic mass is 10.2. The Morgan fingerprint density at radius 1 is 1.24 bits per heavy atom. The van der Waals surface area contributed by atoms with E-state index in [2.05, 4.69) is 5.10 Å². The van der Waals surface area contributed by atoms with Gasteiger partial charge in [0.05, 0.1) is 23.5 Å². The number of methoxy groups -OCH3 is 1. The van der Waals surface area contributed by atoms with Crippen LogP contribution in [-0.2, 0) is 0 Å². The third kappa shape index (κ3) is 2.03. The Bertz CT molecular complexity index is 561. The zero-order valence-electron chi connectivity index (χ0n) is 10.4. The van der Waals surface area contributed by atoms with E-state index in [1.165, 1.54) is 0 Å². The van der Waals surface area contributed by atoms with Gasteiger partial charge in [-0.05, 0) is 38.5 Å². The zero-order chi connectivity index (χ0) is 12.6. The van der Waals surface area contributed by atoms with Crippen LogP contribution >= 0.6 is 11.6 Å². The summed E-state index contributed by atoms with van der Waals surface area (Å²) in [5.74, 6) is 0.790. The fourth-order valence-corrected chi connectivity index (χ4v) is 1.94. The van der Waals surface area contributed by atoms with Gasteiger partial charge in [0.15, 0.2) is 0 Å². The van der Waals surface area contributed by atoms with Crippen LogP contribution in [0.15, 0.2) is 18.2 Å². The van der Waals surface area contributed by atoms with Crippen molar-refractivity contribution >= 4 is 11.6 Å². The van der Waals surface area contributed by atoms with Crippen LogP contribution in [0.4, 0.5) is 0 Å². The Labute approximate surface area is 106 Å². The molecule has 0 aliphatic heterocycles. The highest BCUT2D eigenvalue weighted by atomic mass is 35.5. The molecule has 0 N–H and O–H groups in total. The normalized spacial score (nSPS) is 10.6. The third-order valence-corrected chi connectivity index (χ3v) is 3.31. The molecule has 0 amide bonds. The third-order valence-electron chi connectivity index (χ3n) is 2.77. The molecule has 0 radical (unpaired) electrons. The maximum Gasteiger partial charge on any atom is 0.144 e.